The Labute approximate surface area is 124 Å². The maximum Gasteiger partial charge on any atom is 0.0451 e. The highest BCUT2D eigenvalue weighted by Gasteiger charge is 2.26. The van der Waals surface area contributed by atoms with Gasteiger partial charge in [0.15, 0.2) is 0 Å². The summed E-state index contributed by atoms with van der Waals surface area (Å²) < 4.78 is 1.11. The van der Waals surface area contributed by atoms with Crippen molar-refractivity contribution in [3.05, 3.63) is 28.7 Å². The monoisotopic (exact) mass is 326 g/mol. The normalized spacial score (nSPS) is 25.4. The van der Waals surface area contributed by atoms with Gasteiger partial charge in [-0.05, 0) is 37.6 Å². The lowest BCUT2D eigenvalue weighted by atomic mass is 10.1. The van der Waals surface area contributed by atoms with E-state index in [0.717, 1.165) is 30.5 Å². The van der Waals surface area contributed by atoms with Gasteiger partial charge in [0.2, 0.25) is 0 Å². The van der Waals surface area contributed by atoms with Crippen LogP contribution in [0.4, 0.5) is 5.69 Å². The van der Waals surface area contributed by atoms with E-state index < -0.39 is 0 Å². The quantitative estimate of drug-likeness (QED) is 0.924. The van der Waals surface area contributed by atoms with E-state index >= 15 is 0 Å². The first kappa shape index (κ1) is 14.8. The van der Waals surface area contributed by atoms with Crippen molar-refractivity contribution in [1.82, 2.24) is 4.90 Å². The highest BCUT2D eigenvalue weighted by molar-refractivity contribution is 9.10. The van der Waals surface area contributed by atoms with E-state index in [4.69, 9.17) is 0 Å². The Bertz CT molecular complexity index is 413. The summed E-state index contributed by atoms with van der Waals surface area (Å²) >= 11 is 3.55. The SMILES string of the molecule is CC1CN(C)CC(CCO)N(c2cccc(Br)c2)C1. The van der Waals surface area contributed by atoms with Crippen LogP contribution in [0.1, 0.15) is 13.3 Å². The molecule has 0 saturated carbocycles. The molecule has 4 heteroatoms. The van der Waals surface area contributed by atoms with Gasteiger partial charge in [-0.2, -0.15) is 0 Å². The van der Waals surface area contributed by atoms with Gasteiger partial charge in [0.25, 0.3) is 0 Å². The summed E-state index contributed by atoms with van der Waals surface area (Å²) in [5.74, 6) is 0.632. The third kappa shape index (κ3) is 3.94. The molecule has 19 heavy (non-hydrogen) atoms. The Morgan fingerprint density at radius 2 is 2.11 bits per heavy atom. The highest BCUT2D eigenvalue weighted by atomic mass is 79.9. The Hall–Kier alpha value is -0.580. The molecule has 1 saturated heterocycles. The second-order valence-electron chi connectivity index (χ2n) is 5.62. The van der Waals surface area contributed by atoms with E-state index in [-0.39, 0.29) is 6.61 Å². The fourth-order valence-corrected chi connectivity index (χ4v) is 3.36. The van der Waals surface area contributed by atoms with Crippen molar-refractivity contribution < 1.29 is 5.11 Å². The number of halogens is 1. The van der Waals surface area contributed by atoms with Gasteiger partial charge in [-0.25, -0.2) is 0 Å². The molecule has 1 aliphatic heterocycles. The van der Waals surface area contributed by atoms with Crippen molar-refractivity contribution in [2.24, 2.45) is 5.92 Å². The molecule has 3 nitrogen and oxygen atoms in total. The molecule has 2 atom stereocenters. The van der Waals surface area contributed by atoms with E-state index in [1.807, 2.05) is 0 Å². The molecule has 106 valence electrons. The molecule has 1 aromatic carbocycles. The molecule has 1 heterocycles. The summed E-state index contributed by atoms with van der Waals surface area (Å²) in [5, 5.41) is 9.33. The molecular weight excluding hydrogens is 304 g/mol. The molecule has 0 radical (unpaired) electrons. The van der Waals surface area contributed by atoms with E-state index in [9.17, 15) is 5.11 Å². The topological polar surface area (TPSA) is 26.7 Å². The molecule has 0 bridgehead atoms. The van der Waals surface area contributed by atoms with Crippen molar-refractivity contribution in [2.45, 2.75) is 19.4 Å². The Kier molecular flexibility index (Phi) is 5.25. The Balaban J connectivity index is 2.26. The van der Waals surface area contributed by atoms with E-state index in [2.05, 4.69) is 64.0 Å². The van der Waals surface area contributed by atoms with Crippen LogP contribution in [0.5, 0.6) is 0 Å². The molecule has 0 spiro atoms. The average Bonchev–Trinajstić information content (AvgIpc) is 2.48. The van der Waals surface area contributed by atoms with Crippen molar-refractivity contribution >= 4 is 21.6 Å². The minimum absolute atomic E-state index is 0.247. The van der Waals surface area contributed by atoms with Gasteiger partial charge < -0.3 is 14.9 Å². The number of rotatable bonds is 3. The average molecular weight is 327 g/mol. The Morgan fingerprint density at radius 3 is 2.79 bits per heavy atom. The summed E-state index contributed by atoms with van der Waals surface area (Å²) in [6.07, 6.45) is 0.823. The lowest BCUT2D eigenvalue weighted by Gasteiger charge is -2.33. The summed E-state index contributed by atoms with van der Waals surface area (Å²) in [5.41, 5.74) is 1.25. The van der Waals surface area contributed by atoms with Crippen molar-refractivity contribution in [3.8, 4) is 0 Å². The zero-order valence-corrected chi connectivity index (χ0v) is 13.3. The van der Waals surface area contributed by atoms with Crippen molar-refractivity contribution in [2.75, 3.05) is 38.2 Å². The largest absolute Gasteiger partial charge is 0.396 e. The molecule has 0 amide bonds. The predicted octanol–water partition coefficient (Wildman–Crippen LogP) is 2.59. The van der Waals surface area contributed by atoms with Gasteiger partial charge >= 0.3 is 0 Å². The number of aliphatic hydroxyl groups excluding tert-OH is 1. The first-order chi connectivity index (χ1) is 9.10. The van der Waals surface area contributed by atoms with Crippen molar-refractivity contribution in [1.29, 1.82) is 0 Å². The van der Waals surface area contributed by atoms with Gasteiger partial charge in [0.1, 0.15) is 0 Å². The van der Waals surface area contributed by atoms with Crippen LogP contribution in [0.3, 0.4) is 0 Å². The molecule has 2 rings (SSSR count). The van der Waals surface area contributed by atoms with Crippen LogP contribution >= 0.6 is 15.9 Å². The number of hydrogen-bond acceptors (Lipinski definition) is 3. The molecule has 0 aromatic heterocycles. The smallest absolute Gasteiger partial charge is 0.0451 e. The minimum atomic E-state index is 0.247. The molecule has 0 aliphatic carbocycles. The standard InChI is InChI=1S/C15H23BrN2O/c1-12-9-17(2)11-15(6-7-19)18(10-12)14-5-3-4-13(16)8-14/h3-5,8,12,15,19H,6-7,9-11H2,1-2H3. The summed E-state index contributed by atoms with van der Waals surface area (Å²) in [7, 11) is 2.17. The second kappa shape index (κ2) is 6.73. The number of anilines is 1. The van der Waals surface area contributed by atoms with Gasteiger partial charge in [-0.1, -0.05) is 28.9 Å². The molecule has 1 N–H and O–H groups in total. The van der Waals surface area contributed by atoms with E-state index in [0.29, 0.717) is 12.0 Å². The third-order valence-electron chi connectivity index (χ3n) is 3.70. The lowest BCUT2D eigenvalue weighted by molar-refractivity contribution is 0.250. The maximum atomic E-state index is 9.33. The third-order valence-corrected chi connectivity index (χ3v) is 4.19. The molecular formula is C15H23BrN2O. The molecule has 1 fully saturated rings. The predicted molar refractivity (Wildman–Crippen MR) is 83.6 cm³/mol. The van der Waals surface area contributed by atoms with Gasteiger partial charge in [0.05, 0.1) is 0 Å². The molecule has 1 aliphatic rings. The zero-order chi connectivity index (χ0) is 13.8. The summed E-state index contributed by atoms with van der Waals surface area (Å²) in [6, 6.07) is 8.84. The Morgan fingerprint density at radius 1 is 1.32 bits per heavy atom. The maximum absolute atomic E-state index is 9.33. The van der Waals surface area contributed by atoms with Crippen LogP contribution in [0, 0.1) is 5.92 Å². The van der Waals surface area contributed by atoms with Crippen LogP contribution in [0.15, 0.2) is 28.7 Å². The van der Waals surface area contributed by atoms with Crippen LogP contribution in [0.25, 0.3) is 0 Å². The molecule has 2 unspecified atom stereocenters. The summed E-state index contributed by atoms with van der Waals surface area (Å²) in [4.78, 5) is 4.83. The second-order valence-corrected chi connectivity index (χ2v) is 6.54. The zero-order valence-electron chi connectivity index (χ0n) is 11.7. The van der Waals surface area contributed by atoms with Crippen LogP contribution in [0.2, 0.25) is 0 Å². The van der Waals surface area contributed by atoms with Gasteiger partial charge in [-0.3, -0.25) is 0 Å². The minimum Gasteiger partial charge on any atom is -0.396 e. The fraction of sp³-hybridized carbons (Fsp3) is 0.600. The van der Waals surface area contributed by atoms with Gasteiger partial charge in [0, 0.05) is 42.4 Å². The molecule has 1 aromatic rings. The van der Waals surface area contributed by atoms with E-state index in [1.54, 1.807) is 0 Å². The van der Waals surface area contributed by atoms with Crippen LogP contribution in [-0.4, -0.2) is 49.3 Å². The first-order valence-corrected chi connectivity index (χ1v) is 7.71. The number of nitrogens with zero attached hydrogens (tertiary/aromatic N) is 2. The number of aliphatic hydroxyl groups is 1. The van der Waals surface area contributed by atoms with Crippen molar-refractivity contribution in [3.63, 3.8) is 0 Å². The first-order valence-electron chi connectivity index (χ1n) is 6.91. The lowest BCUT2D eigenvalue weighted by Crippen LogP contribution is -2.41. The highest BCUT2D eigenvalue weighted by Crippen LogP contribution is 2.26. The van der Waals surface area contributed by atoms with E-state index in [1.165, 1.54) is 5.69 Å². The van der Waals surface area contributed by atoms with Gasteiger partial charge in [-0.15, -0.1) is 0 Å². The fourth-order valence-electron chi connectivity index (χ4n) is 2.97. The summed E-state index contributed by atoms with van der Waals surface area (Å²) in [6.45, 7) is 5.72. The number of likely N-dealkylation sites (N-methyl/N-ethyl adjacent to an activating group) is 1. The van der Waals surface area contributed by atoms with Crippen LogP contribution < -0.4 is 4.90 Å². The van der Waals surface area contributed by atoms with Crippen LogP contribution in [-0.2, 0) is 0 Å². The number of benzene rings is 1. The number of hydrogen-bond donors (Lipinski definition) is 1.